The highest BCUT2D eigenvalue weighted by molar-refractivity contribution is 5.92. The van der Waals surface area contributed by atoms with Gasteiger partial charge in [0.1, 0.15) is 6.04 Å². The molecule has 0 bridgehead atoms. The van der Waals surface area contributed by atoms with Gasteiger partial charge in [-0.25, -0.2) is 0 Å². The largest absolute Gasteiger partial charge is 0.344 e. The number of benzene rings is 2. The van der Waals surface area contributed by atoms with Crippen molar-refractivity contribution in [2.24, 2.45) is 0 Å². The fourth-order valence-corrected chi connectivity index (χ4v) is 2.83. The average Bonchev–Trinajstić information content (AvgIpc) is 2.74. The highest BCUT2D eigenvalue weighted by atomic mass is 16.2. The van der Waals surface area contributed by atoms with Crippen LogP contribution in [0.2, 0.25) is 0 Å². The molecular weight excluding hydrogens is 352 g/mol. The molecule has 28 heavy (non-hydrogen) atoms. The van der Waals surface area contributed by atoms with Gasteiger partial charge in [-0.2, -0.15) is 0 Å². The van der Waals surface area contributed by atoms with Crippen molar-refractivity contribution < 1.29 is 9.59 Å². The molecule has 0 aliphatic heterocycles. The quantitative estimate of drug-likeness (QED) is 0.556. The van der Waals surface area contributed by atoms with Crippen molar-refractivity contribution in [3.05, 3.63) is 96.3 Å². The summed E-state index contributed by atoms with van der Waals surface area (Å²) in [4.78, 5) is 29.3. The molecule has 3 aromatic rings. The van der Waals surface area contributed by atoms with E-state index in [-0.39, 0.29) is 11.8 Å². The lowest BCUT2D eigenvalue weighted by molar-refractivity contribution is -0.128. The Morgan fingerprint density at radius 3 is 1.86 bits per heavy atom. The summed E-state index contributed by atoms with van der Waals surface area (Å²) in [5.74, 6) is -1.07. The van der Waals surface area contributed by atoms with Crippen molar-refractivity contribution in [2.75, 3.05) is 5.43 Å². The Labute approximate surface area is 164 Å². The van der Waals surface area contributed by atoms with E-state index in [4.69, 9.17) is 0 Å². The normalized spacial score (nSPS) is 11.5. The van der Waals surface area contributed by atoms with Gasteiger partial charge in [0.2, 0.25) is 5.91 Å². The second-order valence-electron chi connectivity index (χ2n) is 6.33. The lowest BCUT2D eigenvalue weighted by Crippen LogP contribution is -2.47. The molecule has 1 heterocycles. The third-order valence-corrected chi connectivity index (χ3v) is 4.29. The van der Waals surface area contributed by atoms with Crippen LogP contribution in [0.3, 0.4) is 0 Å². The zero-order valence-corrected chi connectivity index (χ0v) is 15.5. The van der Waals surface area contributed by atoms with E-state index in [0.29, 0.717) is 5.69 Å². The lowest BCUT2D eigenvalue weighted by atomic mass is 9.90. The van der Waals surface area contributed by atoms with Crippen LogP contribution in [-0.2, 0) is 9.59 Å². The van der Waals surface area contributed by atoms with E-state index >= 15 is 0 Å². The van der Waals surface area contributed by atoms with E-state index in [1.807, 2.05) is 60.7 Å². The molecule has 0 unspecified atom stereocenters. The fourth-order valence-electron chi connectivity index (χ4n) is 2.83. The number of hydrogen-bond donors (Lipinski definition) is 3. The summed E-state index contributed by atoms with van der Waals surface area (Å²) in [6, 6.07) is 21.8. The molecule has 6 heteroatoms. The summed E-state index contributed by atoms with van der Waals surface area (Å²) in [6.45, 7) is 1.65. The zero-order chi connectivity index (χ0) is 19.8. The molecule has 3 rings (SSSR count). The van der Waals surface area contributed by atoms with Crippen LogP contribution in [0.5, 0.6) is 0 Å². The first-order valence-electron chi connectivity index (χ1n) is 9.01. The maximum absolute atomic E-state index is 13.0. The molecule has 0 saturated carbocycles. The second kappa shape index (κ2) is 9.32. The topological polar surface area (TPSA) is 83.1 Å². The minimum Gasteiger partial charge on any atom is -0.344 e. The minimum atomic E-state index is -0.711. The number of nitrogens with zero attached hydrogens (tertiary/aromatic N) is 1. The number of pyridine rings is 1. The van der Waals surface area contributed by atoms with Crippen molar-refractivity contribution in [3.8, 4) is 0 Å². The van der Waals surface area contributed by atoms with Gasteiger partial charge in [0.25, 0.3) is 5.91 Å². The number of hydrogen-bond acceptors (Lipinski definition) is 4. The number of rotatable bonds is 7. The smallest absolute Gasteiger partial charge is 0.260 e. The maximum atomic E-state index is 13.0. The van der Waals surface area contributed by atoms with Crippen LogP contribution in [0.25, 0.3) is 0 Å². The predicted molar refractivity (Wildman–Crippen MR) is 108 cm³/mol. The Morgan fingerprint density at radius 1 is 0.786 bits per heavy atom. The van der Waals surface area contributed by atoms with E-state index in [9.17, 15) is 9.59 Å². The molecule has 0 aliphatic rings. The van der Waals surface area contributed by atoms with Gasteiger partial charge in [-0.15, -0.1) is 0 Å². The highest BCUT2D eigenvalue weighted by Crippen LogP contribution is 2.24. The number of anilines is 1. The van der Waals surface area contributed by atoms with Gasteiger partial charge < -0.3 is 5.32 Å². The minimum absolute atomic E-state index is 0.232. The molecular formula is C22H22N4O2. The molecule has 3 N–H and O–H groups in total. The number of carbonyl (C=O) groups excluding carboxylic acids is 2. The third kappa shape index (κ3) is 4.94. The van der Waals surface area contributed by atoms with Crippen molar-refractivity contribution in [3.63, 3.8) is 0 Å². The molecule has 2 amide bonds. The molecule has 0 radical (unpaired) electrons. The standard InChI is InChI=1S/C22H22N4O2/c1-16(21(27)26-25-19-12-14-23-15-13-19)24-22(28)20(17-8-4-2-5-9-17)18-10-6-3-7-11-18/h2-16,20H,1H3,(H,23,25)(H,24,28)(H,26,27)/t16-/m0/s1. The SMILES string of the molecule is C[C@H](NC(=O)C(c1ccccc1)c1ccccc1)C(=O)NNc1ccncc1. The van der Waals surface area contributed by atoms with Crippen molar-refractivity contribution >= 4 is 17.5 Å². The van der Waals surface area contributed by atoms with E-state index in [0.717, 1.165) is 11.1 Å². The number of amides is 2. The summed E-state index contributed by atoms with van der Waals surface area (Å²) in [5, 5.41) is 2.81. The number of carbonyl (C=O) groups is 2. The maximum Gasteiger partial charge on any atom is 0.260 e. The fraction of sp³-hybridized carbons (Fsp3) is 0.136. The van der Waals surface area contributed by atoms with Gasteiger partial charge in [-0.1, -0.05) is 60.7 Å². The molecule has 1 aromatic heterocycles. The predicted octanol–water partition coefficient (Wildman–Crippen LogP) is 2.86. The average molecular weight is 374 g/mol. The Morgan fingerprint density at radius 2 is 1.32 bits per heavy atom. The summed E-state index contributed by atoms with van der Waals surface area (Å²) in [7, 11) is 0. The summed E-state index contributed by atoms with van der Waals surface area (Å²) >= 11 is 0. The summed E-state index contributed by atoms with van der Waals surface area (Å²) in [5.41, 5.74) is 7.83. The molecule has 0 aliphatic carbocycles. The Hall–Kier alpha value is -3.67. The molecule has 1 atom stereocenters. The van der Waals surface area contributed by atoms with Crippen molar-refractivity contribution in [1.29, 1.82) is 0 Å². The third-order valence-electron chi connectivity index (χ3n) is 4.29. The molecule has 2 aromatic carbocycles. The van der Waals surface area contributed by atoms with Crippen molar-refractivity contribution in [2.45, 2.75) is 18.9 Å². The van der Waals surface area contributed by atoms with Crippen LogP contribution in [-0.4, -0.2) is 22.8 Å². The molecule has 0 fully saturated rings. The van der Waals surface area contributed by atoms with Gasteiger partial charge in [0.05, 0.1) is 11.6 Å². The van der Waals surface area contributed by atoms with E-state index in [1.165, 1.54) is 0 Å². The van der Waals surface area contributed by atoms with E-state index in [1.54, 1.807) is 31.5 Å². The highest BCUT2D eigenvalue weighted by Gasteiger charge is 2.25. The molecule has 142 valence electrons. The van der Waals surface area contributed by atoms with Crippen LogP contribution < -0.4 is 16.2 Å². The number of aromatic nitrogens is 1. The van der Waals surface area contributed by atoms with E-state index < -0.39 is 12.0 Å². The van der Waals surface area contributed by atoms with Crippen LogP contribution in [0, 0.1) is 0 Å². The van der Waals surface area contributed by atoms with Crippen LogP contribution in [0.1, 0.15) is 24.0 Å². The Kier molecular flexibility index (Phi) is 6.36. The molecule has 0 saturated heterocycles. The lowest BCUT2D eigenvalue weighted by Gasteiger charge is -2.21. The Balaban J connectivity index is 1.68. The van der Waals surface area contributed by atoms with Gasteiger partial charge in [0, 0.05) is 12.4 Å². The summed E-state index contributed by atoms with van der Waals surface area (Å²) in [6.07, 6.45) is 3.23. The van der Waals surface area contributed by atoms with Gasteiger partial charge in [-0.05, 0) is 30.2 Å². The number of nitrogens with one attached hydrogen (secondary N) is 3. The summed E-state index contributed by atoms with van der Waals surface area (Å²) < 4.78 is 0. The van der Waals surface area contributed by atoms with Crippen LogP contribution in [0.15, 0.2) is 85.2 Å². The monoisotopic (exact) mass is 374 g/mol. The van der Waals surface area contributed by atoms with Crippen molar-refractivity contribution in [1.82, 2.24) is 15.7 Å². The molecule has 0 spiro atoms. The van der Waals surface area contributed by atoms with E-state index in [2.05, 4.69) is 21.2 Å². The van der Waals surface area contributed by atoms with Gasteiger partial charge in [0.15, 0.2) is 0 Å². The zero-order valence-electron chi connectivity index (χ0n) is 15.5. The van der Waals surface area contributed by atoms with Gasteiger partial charge >= 0.3 is 0 Å². The second-order valence-corrected chi connectivity index (χ2v) is 6.33. The first-order chi connectivity index (χ1) is 13.6. The first-order valence-corrected chi connectivity index (χ1v) is 9.01. The van der Waals surface area contributed by atoms with Crippen LogP contribution in [0.4, 0.5) is 5.69 Å². The Bertz CT molecular complexity index is 862. The first kappa shape index (κ1) is 19.1. The number of hydrazine groups is 1. The van der Waals surface area contributed by atoms with Crippen LogP contribution >= 0.6 is 0 Å². The van der Waals surface area contributed by atoms with Gasteiger partial charge in [-0.3, -0.25) is 25.4 Å². The molecule has 6 nitrogen and oxygen atoms in total.